The van der Waals surface area contributed by atoms with Crippen LogP contribution in [-0.2, 0) is 13.1 Å². The van der Waals surface area contributed by atoms with Gasteiger partial charge in [0.2, 0.25) is 0 Å². The highest BCUT2D eigenvalue weighted by molar-refractivity contribution is 7.80. The zero-order valence-electron chi connectivity index (χ0n) is 15.0. The number of halogens is 3. The van der Waals surface area contributed by atoms with E-state index in [4.69, 9.17) is 35.4 Å². The Morgan fingerprint density at radius 1 is 1.18 bits per heavy atom. The number of nitrogens with one attached hydrogen (secondary N) is 1. The Hall–Kier alpha value is -2.15. The summed E-state index contributed by atoms with van der Waals surface area (Å²) >= 11 is 17.9. The number of aryl methyl sites for hydroxylation is 1. The van der Waals surface area contributed by atoms with Crippen LogP contribution in [0.15, 0.2) is 61.2 Å². The van der Waals surface area contributed by atoms with Crippen LogP contribution in [-0.4, -0.2) is 26.1 Å². The number of imidazole rings is 1. The molecule has 0 unspecified atom stereocenters. The van der Waals surface area contributed by atoms with Crippen molar-refractivity contribution in [2.24, 2.45) is 0 Å². The summed E-state index contributed by atoms with van der Waals surface area (Å²) in [6.45, 7) is 2.08. The van der Waals surface area contributed by atoms with Crippen LogP contribution in [0.2, 0.25) is 10.0 Å². The van der Waals surface area contributed by atoms with Crippen molar-refractivity contribution >= 4 is 46.2 Å². The lowest BCUT2D eigenvalue weighted by atomic mass is 10.2. The minimum absolute atomic E-state index is 0.262. The molecule has 2 aromatic carbocycles. The molecule has 0 aliphatic heterocycles. The Kier molecular flexibility index (Phi) is 7.25. The number of rotatable bonds is 7. The highest BCUT2D eigenvalue weighted by Gasteiger charge is 2.13. The van der Waals surface area contributed by atoms with E-state index in [1.54, 1.807) is 42.9 Å². The average Bonchev–Trinajstić information content (AvgIpc) is 3.19. The monoisotopic (exact) mass is 436 g/mol. The zero-order chi connectivity index (χ0) is 19.9. The first kappa shape index (κ1) is 20.6. The van der Waals surface area contributed by atoms with Gasteiger partial charge < -0.3 is 14.8 Å². The minimum atomic E-state index is -0.262. The molecule has 0 aliphatic rings. The van der Waals surface area contributed by atoms with Crippen LogP contribution < -0.4 is 5.32 Å². The van der Waals surface area contributed by atoms with Crippen LogP contribution in [0.3, 0.4) is 0 Å². The van der Waals surface area contributed by atoms with E-state index in [9.17, 15) is 4.39 Å². The van der Waals surface area contributed by atoms with E-state index in [1.165, 1.54) is 12.1 Å². The Morgan fingerprint density at radius 3 is 2.68 bits per heavy atom. The molecule has 28 heavy (non-hydrogen) atoms. The number of aromatic nitrogens is 2. The van der Waals surface area contributed by atoms with Crippen LogP contribution >= 0.6 is 35.4 Å². The molecular weight excluding hydrogens is 418 g/mol. The third-order valence-corrected chi connectivity index (χ3v) is 5.07. The number of hydrogen-bond acceptors (Lipinski definition) is 2. The fraction of sp³-hybridized carbons (Fsp3) is 0.200. The first-order valence-electron chi connectivity index (χ1n) is 8.72. The quantitative estimate of drug-likeness (QED) is 0.487. The van der Waals surface area contributed by atoms with Gasteiger partial charge in [0, 0.05) is 37.1 Å². The van der Waals surface area contributed by atoms with Gasteiger partial charge in [0.15, 0.2) is 5.11 Å². The third kappa shape index (κ3) is 5.92. The Balaban J connectivity index is 1.70. The van der Waals surface area contributed by atoms with E-state index in [0.29, 0.717) is 33.9 Å². The van der Waals surface area contributed by atoms with Gasteiger partial charge >= 0.3 is 0 Å². The van der Waals surface area contributed by atoms with Crippen LogP contribution in [0.5, 0.6) is 0 Å². The molecule has 1 N–H and O–H groups in total. The SMILES string of the molecule is Fc1ccc(CN(CCCn2ccnc2)C(=S)Nc2cc(Cl)ccc2Cl)cc1. The van der Waals surface area contributed by atoms with Crippen LogP contribution in [0.25, 0.3) is 0 Å². The molecule has 8 heteroatoms. The summed E-state index contributed by atoms with van der Waals surface area (Å²) in [5.41, 5.74) is 1.61. The van der Waals surface area contributed by atoms with Crippen molar-refractivity contribution < 1.29 is 4.39 Å². The summed E-state index contributed by atoms with van der Waals surface area (Å²) in [6.07, 6.45) is 6.32. The molecule has 3 rings (SSSR count). The average molecular weight is 437 g/mol. The molecule has 0 bridgehead atoms. The highest BCUT2D eigenvalue weighted by atomic mass is 35.5. The van der Waals surface area contributed by atoms with Gasteiger partial charge in [0.05, 0.1) is 17.0 Å². The lowest BCUT2D eigenvalue weighted by molar-refractivity contribution is 0.395. The largest absolute Gasteiger partial charge is 0.345 e. The molecule has 0 fully saturated rings. The van der Waals surface area contributed by atoms with E-state index >= 15 is 0 Å². The van der Waals surface area contributed by atoms with E-state index in [2.05, 4.69) is 10.3 Å². The van der Waals surface area contributed by atoms with E-state index in [1.807, 2.05) is 15.7 Å². The smallest absolute Gasteiger partial charge is 0.173 e. The molecule has 1 heterocycles. The van der Waals surface area contributed by atoms with Crippen molar-refractivity contribution in [1.82, 2.24) is 14.5 Å². The molecular formula is C20H19Cl2FN4S. The van der Waals surface area contributed by atoms with Crippen LogP contribution in [0, 0.1) is 5.82 Å². The van der Waals surface area contributed by atoms with Gasteiger partial charge in [-0.05, 0) is 54.5 Å². The van der Waals surface area contributed by atoms with E-state index in [0.717, 1.165) is 18.5 Å². The fourth-order valence-electron chi connectivity index (χ4n) is 2.71. The highest BCUT2D eigenvalue weighted by Crippen LogP contribution is 2.26. The number of benzene rings is 2. The number of nitrogens with zero attached hydrogens (tertiary/aromatic N) is 3. The van der Waals surface area contributed by atoms with Gasteiger partial charge in [0.1, 0.15) is 5.82 Å². The minimum Gasteiger partial charge on any atom is -0.345 e. The Bertz CT molecular complexity index is 916. The summed E-state index contributed by atoms with van der Waals surface area (Å²) in [4.78, 5) is 6.08. The molecule has 0 saturated heterocycles. The summed E-state index contributed by atoms with van der Waals surface area (Å²) in [5, 5.41) is 4.80. The molecule has 4 nitrogen and oxygen atoms in total. The Morgan fingerprint density at radius 2 is 1.96 bits per heavy atom. The topological polar surface area (TPSA) is 33.1 Å². The van der Waals surface area contributed by atoms with Gasteiger partial charge in [-0.2, -0.15) is 0 Å². The van der Waals surface area contributed by atoms with Gasteiger partial charge in [-0.15, -0.1) is 0 Å². The second-order valence-electron chi connectivity index (χ2n) is 6.26. The maximum atomic E-state index is 13.2. The second kappa shape index (κ2) is 9.87. The fourth-order valence-corrected chi connectivity index (χ4v) is 3.32. The number of hydrogen-bond donors (Lipinski definition) is 1. The van der Waals surface area contributed by atoms with Gasteiger partial charge in [-0.3, -0.25) is 0 Å². The second-order valence-corrected chi connectivity index (χ2v) is 7.49. The maximum absolute atomic E-state index is 13.2. The lowest BCUT2D eigenvalue weighted by Gasteiger charge is -2.26. The van der Waals surface area contributed by atoms with Crippen molar-refractivity contribution in [2.75, 3.05) is 11.9 Å². The van der Waals surface area contributed by atoms with Crippen molar-refractivity contribution in [3.63, 3.8) is 0 Å². The first-order chi connectivity index (χ1) is 13.5. The zero-order valence-corrected chi connectivity index (χ0v) is 17.3. The molecule has 0 saturated carbocycles. The molecule has 1 aromatic heterocycles. The normalized spacial score (nSPS) is 10.7. The predicted molar refractivity (Wildman–Crippen MR) is 116 cm³/mol. The molecule has 0 aliphatic carbocycles. The lowest BCUT2D eigenvalue weighted by Crippen LogP contribution is -2.35. The molecule has 0 radical (unpaired) electrons. The molecule has 0 atom stereocenters. The number of anilines is 1. The predicted octanol–water partition coefficient (Wildman–Crippen LogP) is 5.62. The van der Waals surface area contributed by atoms with Gasteiger partial charge in [0.25, 0.3) is 0 Å². The van der Waals surface area contributed by atoms with Crippen molar-refractivity contribution in [3.05, 3.63) is 82.6 Å². The summed E-state index contributed by atoms with van der Waals surface area (Å²) in [5.74, 6) is -0.262. The summed E-state index contributed by atoms with van der Waals surface area (Å²) < 4.78 is 15.2. The molecule has 0 spiro atoms. The summed E-state index contributed by atoms with van der Waals surface area (Å²) in [6, 6.07) is 11.6. The molecule has 3 aromatic rings. The Labute approximate surface area is 178 Å². The van der Waals surface area contributed by atoms with Crippen LogP contribution in [0.4, 0.5) is 10.1 Å². The first-order valence-corrected chi connectivity index (χ1v) is 9.89. The standard InChI is InChI=1S/C20H19Cl2FN4S/c21-16-4-7-18(22)19(12-16)25-20(28)27(10-1-9-26-11-8-24-14-26)13-15-2-5-17(23)6-3-15/h2-8,11-12,14H,1,9-10,13H2,(H,25,28). The van der Waals surface area contributed by atoms with E-state index < -0.39 is 0 Å². The maximum Gasteiger partial charge on any atom is 0.173 e. The number of thiocarbonyl (C=S) groups is 1. The summed E-state index contributed by atoms with van der Waals surface area (Å²) in [7, 11) is 0. The van der Waals surface area contributed by atoms with E-state index in [-0.39, 0.29) is 5.82 Å². The van der Waals surface area contributed by atoms with Crippen LogP contribution in [0.1, 0.15) is 12.0 Å². The van der Waals surface area contributed by atoms with Gasteiger partial charge in [-0.25, -0.2) is 9.37 Å². The molecule has 0 amide bonds. The van der Waals surface area contributed by atoms with Gasteiger partial charge in [-0.1, -0.05) is 35.3 Å². The molecule has 146 valence electrons. The van der Waals surface area contributed by atoms with Crippen molar-refractivity contribution in [2.45, 2.75) is 19.5 Å². The third-order valence-electron chi connectivity index (χ3n) is 4.15. The van der Waals surface area contributed by atoms with Crippen molar-refractivity contribution in [3.8, 4) is 0 Å². The van der Waals surface area contributed by atoms with Crippen molar-refractivity contribution in [1.29, 1.82) is 0 Å².